The fraction of sp³-hybridized carbons (Fsp3) is 0.889. The first kappa shape index (κ1) is 9.83. The molecule has 0 aromatic rings. The predicted octanol–water partition coefficient (Wildman–Crippen LogP) is 0.591. The first-order valence-electron chi connectivity index (χ1n) is 4.87. The second kappa shape index (κ2) is 3.15. The molecule has 0 spiro atoms. The smallest absolute Gasteiger partial charge is 0.248 e. The minimum Gasteiger partial charge on any atom is -0.341 e. The summed E-state index contributed by atoms with van der Waals surface area (Å²) in [5.41, 5.74) is 5.59. The summed E-state index contributed by atoms with van der Waals surface area (Å²) >= 11 is 0. The van der Waals surface area contributed by atoms with Crippen molar-refractivity contribution in [3.05, 3.63) is 0 Å². The Kier molecular flexibility index (Phi) is 2.21. The van der Waals surface area contributed by atoms with E-state index in [4.69, 9.17) is 5.73 Å². The highest BCUT2D eigenvalue weighted by molar-refractivity contribution is 5.79. The summed E-state index contributed by atoms with van der Waals surface area (Å²) in [5.74, 6) is -2.51. The lowest BCUT2D eigenvalue weighted by Gasteiger charge is -2.37. The van der Waals surface area contributed by atoms with Crippen molar-refractivity contribution in [2.45, 2.75) is 31.2 Å². The molecule has 0 radical (unpaired) electrons. The van der Waals surface area contributed by atoms with Crippen LogP contribution in [0.3, 0.4) is 0 Å². The minimum absolute atomic E-state index is 0.00714. The quantitative estimate of drug-likeness (QED) is 0.715. The van der Waals surface area contributed by atoms with Crippen molar-refractivity contribution in [3.63, 3.8) is 0 Å². The van der Waals surface area contributed by atoms with Crippen LogP contribution in [0.15, 0.2) is 0 Å². The molecule has 0 aromatic heterocycles. The number of likely N-dealkylation sites (tertiary alicyclic amines) is 1. The first-order valence-corrected chi connectivity index (χ1v) is 4.87. The maximum Gasteiger partial charge on any atom is 0.248 e. The number of amides is 1. The van der Waals surface area contributed by atoms with Crippen molar-refractivity contribution in [2.24, 2.45) is 11.7 Å². The topological polar surface area (TPSA) is 46.3 Å². The van der Waals surface area contributed by atoms with Gasteiger partial charge in [-0.25, -0.2) is 8.78 Å². The Bertz CT molecular complexity index is 249. The van der Waals surface area contributed by atoms with Gasteiger partial charge in [-0.2, -0.15) is 0 Å². The van der Waals surface area contributed by atoms with Gasteiger partial charge in [0.05, 0.1) is 0 Å². The normalized spacial score (nSPS) is 32.1. The molecular weight excluding hydrogens is 190 g/mol. The second-order valence-corrected chi connectivity index (χ2v) is 4.39. The van der Waals surface area contributed by atoms with Crippen LogP contribution >= 0.6 is 0 Å². The van der Waals surface area contributed by atoms with Gasteiger partial charge in [0.15, 0.2) is 0 Å². The van der Waals surface area contributed by atoms with E-state index in [1.54, 1.807) is 4.90 Å². The summed E-state index contributed by atoms with van der Waals surface area (Å²) < 4.78 is 25.0. The molecule has 2 aliphatic rings. The van der Waals surface area contributed by atoms with Gasteiger partial charge in [0.2, 0.25) is 11.8 Å². The molecule has 0 aromatic carbocycles. The molecule has 3 nitrogen and oxygen atoms in total. The average Bonchev–Trinajstić information content (AvgIpc) is 2.26. The summed E-state index contributed by atoms with van der Waals surface area (Å²) in [6, 6.07) is -0.108. The van der Waals surface area contributed by atoms with Crippen molar-refractivity contribution < 1.29 is 13.6 Å². The molecule has 1 aliphatic heterocycles. The lowest BCUT2D eigenvalue weighted by atomic mass is 9.81. The summed E-state index contributed by atoms with van der Waals surface area (Å²) in [4.78, 5) is 12.9. The highest BCUT2D eigenvalue weighted by atomic mass is 19.3. The lowest BCUT2D eigenvalue weighted by molar-refractivity contribution is -0.136. The van der Waals surface area contributed by atoms with Crippen molar-refractivity contribution in [1.82, 2.24) is 4.90 Å². The van der Waals surface area contributed by atoms with Crippen LogP contribution in [0, 0.1) is 5.92 Å². The summed E-state index contributed by atoms with van der Waals surface area (Å²) in [6.45, 7) is 0.989. The molecule has 5 heteroatoms. The van der Waals surface area contributed by atoms with Gasteiger partial charge in [0, 0.05) is 38.4 Å². The number of hydrogen-bond donors (Lipinski definition) is 1. The number of nitrogens with zero attached hydrogens (tertiary/aromatic N) is 1. The van der Waals surface area contributed by atoms with Crippen molar-refractivity contribution in [1.29, 1.82) is 0 Å². The van der Waals surface area contributed by atoms with Gasteiger partial charge in [-0.1, -0.05) is 0 Å². The highest BCUT2D eigenvalue weighted by Gasteiger charge is 2.46. The molecule has 2 fully saturated rings. The Hall–Kier alpha value is -0.710. The maximum absolute atomic E-state index is 12.5. The van der Waals surface area contributed by atoms with Crippen LogP contribution in [0.25, 0.3) is 0 Å². The Morgan fingerprint density at radius 3 is 2.57 bits per heavy atom. The molecule has 2 rings (SSSR count). The second-order valence-electron chi connectivity index (χ2n) is 4.39. The largest absolute Gasteiger partial charge is 0.341 e. The molecule has 1 amide bonds. The molecule has 14 heavy (non-hydrogen) atoms. The number of nitrogens with two attached hydrogens (primary N) is 1. The number of rotatable bonds is 2. The van der Waals surface area contributed by atoms with E-state index in [2.05, 4.69) is 0 Å². The zero-order chi connectivity index (χ0) is 10.3. The van der Waals surface area contributed by atoms with Gasteiger partial charge in [0.1, 0.15) is 0 Å². The molecule has 1 saturated carbocycles. The Labute approximate surface area is 81.2 Å². The zero-order valence-corrected chi connectivity index (χ0v) is 7.88. The van der Waals surface area contributed by atoms with E-state index in [0.29, 0.717) is 19.5 Å². The van der Waals surface area contributed by atoms with Gasteiger partial charge in [0.25, 0.3) is 0 Å². The lowest BCUT2D eigenvalue weighted by Crippen LogP contribution is -2.43. The van der Waals surface area contributed by atoms with Crippen LogP contribution in [-0.4, -0.2) is 35.9 Å². The van der Waals surface area contributed by atoms with E-state index in [1.165, 1.54) is 0 Å². The summed E-state index contributed by atoms with van der Waals surface area (Å²) in [6.07, 6.45) is 0.209. The third-order valence-corrected chi connectivity index (χ3v) is 2.90. The number of carbonyl (C=O) groups excluding carboxylic acids is 1. The zero-order valence-electron chi connectivity index (χ0n) is 7.88. The van der Waals surface area contributed by atoms with Crippen LogP contribution in [0.1, 0.15) is 19.3 Å². The number of hydrogen-bond acceptors (Lipinski definition) is 2. The summed E-state index contributed by atoms with van der Waals surface area (Å²) in [5, 5.41) is 0. The molecule has 1 atom stereocenters. The Morgan fingerprint density at radius 1 is 1.50 bits per heavy atom. The highest BCUT2D eigenvalue weighted by Crippen LogP contribution is 2.42. The first-order chi connectivity index (χ1) is 6.46. The van der Waals surface area contributed by atoms with Gasteiger partial charge in [-0.3, -0.25) is 4.79 Å². The van der Waals surface area contributed by atoms with E-state index < -0.39 is 5.92 Å². The minimum atomic E-state index is -2.49. The van der Waals surface area contributed by atoms with Crippen molar-refractivity contribution >= 4 is 5.91 Å². The molecule has 1 unspecified atom stereocenters. The number of carbonyl (C=O) groups is 1. The Balaban J connectivity index is 1.79. The Morgan fingerprint density at radius 2 is 2.14 bits per heavy atom. The van der Waals surface area contributed by atoms with Crippen LogP contribution < -0.4 is 5.73 Å². The van der Waals surface area contributed by atoms with Crippen LogP contribution in [0.2, 0.25) is 0 Å². The van der Waals surface area contributed by atoms with Gasteiger partial charge >= 0.3 is 0 Å². The van der Waals surface area contributed by atoms with E-state index in [9.17, 15) is 13.6 Å². The third kappa shape index (κ3) is 1.87. The molecule has 1 heterocycles. The van der Waals surface area contributed by atoms with E-state index in [0.717, 1.165) is 0 Å². The van der Waals surface area contributed by atoms with Crippen LogP contribution in [0.4, 0.5) is 8.78 Å². The van der Waals surface area contributed by atoms with Gasteiger partial charge in [-0.15, -0.1) is 0 Å². The predicted molar refractivity (Wildman–Crippen MR) is 46.8 cm³/mol. The van der Waals surface area contributed by atoms with Crippen molar-refractivity contribution in [3.8, 4) is 0 Å². The number of alkyl halides is 2. The monoisotopic (exact) mass is 204 g/mol. The maximum atomic E-state index is 12.5. The van der Waals surface area contributed by atoms with Crippen LogP contribution in [-0.2, 0) is 4.79 Å². The molecule has 0 bridgehead atoms. The molecular formula is C9H14F2N2O. The third-order valence-electron chi connectivity index (χ3n) is 2.90. The van der Waals surface area contributed by atoms with Crippen LogP contribution in [0.5, 0.6) is 0 Å². The number of halogens is 2. The van der Waals surface area contributed by atoms with Gasteiger partial charge in [-0.05, 0) is 5.92 Å². The van der Waals surface area contributed by atoms with E-state index in [1.807, 2.05) is 0 Å². The standard InChI is InChI=1S/C9H14F2N2O/c10-9(11)2-6(3-9)4-13-5-7(12)1-8(13)14/h6-7H,1-5,12H2. The SMILES string of the molecule is NC1CC(=O)N(CC2CC(F)(F)C2)C1. The summed E-state index contributed by atoms with van der Waals surface area (Å²) in [7, 11) is 0. The fourth-order valence-electron chi connectivity index (χ4n) is 2.20. The average molecular weight is 204 g/mol. The van der Waals surface area contributed by atoms with Crippen molar-refractivity contribution in [2.75, 3.05) is 13.1 Å². The molecule has 1 saturated heterocycles. The molecule has 2 N–H and O–H groups in total. The molecule has 1 aliphatic carbocycles. The molecule has 80 valence electrons. The fourth-order valence-corrected chi connectivity index (χ4v) is 2.20. The van der Waals surface area contributed by atoms with E-state index >= 15 is 0 Å². The van der Waals surface area contributed by atoms with E-state index in [-0.39, 0.29) is 30.7 Å². The van der Waals surface area contributed by atoms with Gasteiger partial charge < -0.3 is 10.6 Å².